The number of hydrogen-bond donors (Lipinski definition) is 0. The Bertz CT molecular complexity index is 845. The summed E-state index contributed by atoms with van der Waals surface area (Å²) >= 11 is 0. The Morgan fingerprint density at radius 1 is 0.773 bits per heavy atom. The molecule has 5 heteroatoms. The van der Waals surface area contributed by atoms with Crippen LogP contribution in [-0.2, 0) is 0 Å². The maximum atomic E-state index is 5.58. The Kier molecular flexibility index (Phi) is 3.63. The highest BCUT2D eigenvalue weighted by atomic mass is 16.6. The van der Waals surface area contributed by atoms with Gasteiger partial charge in [0.05, 0.1) is 38.2 Å². The van der Waals surface area contributed by atoms with Crippen LogP contribution in [0.2, 0.25) is 0 Å². The molecule has 0 saturated carbocycles. The number of para-hydroxylation sites is 1. The minimum atomic E-state index is 0.565. The molecule has 3 aromatic rings. The second kappa shape index (κ2) is 5.60. The van der Waals surface area contributed by atoms with Crippen LogP contribution in [0.25, 0.3) is 21.8 Å². The van der Waals surface area contributed by atoms with Crippen molar-refractivity contribution in [2.75, 3.05) is 28.4 Å². The van der Waals surface area contributed by atoms with Crippen molar-refractivity contribution < 1.29 is 23.8 Å². The molecule has 1 heterocycles. The van der Waals surface area contributed by atoms with E-state index in [4.69, 9.17) is 19.0 Å². The largest absolute Gasteiger partial charge is 0.492 e. The predicted octanol–water partition coefficient (Wildman–Crippen LogP) is 2.36. The lowest BCUT2D eigenvalue weighted by molar-refractivity contribution is -0.844. The fraction of sp³-hybridized carbons (Fsp3) is 0.235. The summed E-state index contributed by atoms with van der Waals surface area (Å²) in [6.07, 6.45) is 0. The van der Waals surface area contributed by atoms with Crippen LogP contribution in [-0.4, -0.2) is 28.4 Å². The summed E-state index contributed by atoms with van der Waals surface area (Å²) in [4.78, 5) is 5.58. The Hall–Kier alpha value is -2.69. The number of fused-ring (bicyclic) bond motifs is 2. The molecule has 1 aromatic heterocycles. The molecule has 2 aromatic carbocycles. The zero-order chi connectivity index (χ0) is 15.7. The van der Waals surface area contributed by atoms with Crippen molar-refractivity contribution in [3.8, 4) is 17.2 Å². The van der Waals surface area contributed by atoms with Crippen molar-refractivity contribution in [3.05, 3.63) is 36.4 Å². The van der Waals surface area contributed by atoms with E-state index in [9.17, 15) is 0 Å². The van der Waals surface area contributed by atoms with Crippen LogP contribution in [0.5, 0.6) is 17.2 Å². The highest BCUT2D eigenvalue weighted by Crippen LogP contribution is 2.42. The van der Waals surface area contributed by atoms with Gasteiger partial charge in [0.2, 0.25) is 5.75 Å². The van der Waals surface area contributed by atoms with Gasteiger partial charge >= 0.3 is 0 Å². The van der Waals surface area contributed by atoms with E-state index in [1.165, 1.54) is 0 Å². The molecular formula is C17H18NO4+. The topological polar surface area (TPSA) is 40.8 Å². The number of methoxy groups -OCH3 is 3. The van der Waals surface area contributed by atoms with Gasteiger partial charge in [0.25, 0.3) is 11.0 Å². The van der Waals surface area contributed by atoms with Crippen LogP contribution in [0.1, 0.15) is 0 Å². The number of nitrogens with zero attached hydrogens (tertiary/aromatic N) is 1. The summed E-state index contributed by atoms with van der Waals surface area (Å²) in [5.74, 6) is 1.77. The van der Waals surface area contributed by atoms with Gasteiger partial charge < -0.3 is 14.2 Å². The molecule has 5 nitrogen and oxygen atoms in total. The molecule has 0 bridgehead atoms. The summed E-state index contributed by atoms with van der Waals surface area (Å²) < 4.78 is 18.2. The van der Waals surface area contributed by atoms with Gasteiger partial charge in [-0.3, -0.25) is 4.84 Å². The molecule has 0 aliphatic rings. The average molecular weight is 300 g/mol. The number of benzene rings is 2. The lowest BCUT2D eigenvalue weighted by atomic mass is 10.1. The van der Waals surface area contributed by atoms with Crippen molar-refractivity contribution >= 4 is 21.8 Å². The molecule has 0 fully saturated rings. The van der Waals surface area contributed by atoms with Gasteiger partial charge in [-0.15, -0.1) is 0 Å². The van der Waals surface area contributed by atoms with E-state index in [0.29, 0.717) is 17.2 Å². The van der Waals surface area contributed by atoms with E-state index in [1.54, 1.807) is 33.2 Å². The SMILES string of the molecule is COc1cc2c(cc3ccccc3[n+]2OC)c(OC)c1OC. The highest BCUT2D eigenvalue weighted by Gasteiger charge is 2.25. The molecule has 0 unspecified atom stereocenters. The van der Waals surface area contributed by atoms with Crippen LogP contribution >= 0.6 is 0 Å². The van der Waals surface area contributed by atoms with Gasteiger partial charge in [0.1, 0.15) is 7.11 Å². The molecule has 3 rings (SSSR count). The Morgan fingerprint density at radius 3 is 2.14 bits per heavy atom. The number of rotatable bonds is 4. The minimum absolute atomic E-state index is 0.565. The van der Waals surface area contributed by atoms with E-state index < -0.39 is 0 Å². The number of hydrogen-bond acceptors (Lipinski definition) is 4. The van der Waals surface area contributed by atoms with E-state index in [-0.39, 0.29) is 0 Å². The van der Waals surface area contributed by atoms with Gasteiger partial charge in [-0.25, -0.2) is 0 Å². The van der Waals surface area contributed by atoms with E-state index in [1.807, 2.05) is 30.3 Å². The fourth-order valence-corrected chi connectivity index (χ4v) is 2.75. The second-order valence-electron chi connectivity index (χ2n) is 4.76. The highest BCUT2D eigenvalue weighted by molar-refractivity contribution is 5.95. The lowest BCUT2D eigenvalue weighted by Gasteiger charge is -2.13. The van der Waals surface area contributed by atoms with Crippen LogP contribution in [0.4, 0.5) is 0 Å². The molecule has 114 valence electrons. The van der Waals surface area contributed by atoms with Crippen LogP contribution in [0.3, 0.4) is 0 Å². The van der Waals surface area contributed by atoms with Gasteiger partial charge in [-0.2, -0.15) is 0 Å². The van der Waals surface area contributed by atoms with Crippen molar-refractivity contribution in [1.82, 2.24) is 0 Å². The van der Waals surface area contributed by atoms with Crippen molar-refractivity contribution in [2.24, 2.45) is 0 Å². The standard InChI is InChI=1S/C17H18NO4/c1-19-15-10-14-12(16(20-2)17(15)21-3)9-11-7-5-6-8-13(11)18(14)22-4/h5-10H,1-4H3/q+1. The van der Waals surface area contributed by atoms with E-state index in [2.05, 4.69) is 6.07 Å². The van der Waals surface area contributed by atoms with Crippen molar-refractivity contribution in [1.29, 1.82) is 0 Å². The third-order valence-electron chi connectivity index (χ3n) is 3.70. The van der Waals surface area contributed by atoms with Gasteiger partial charge in [-0.1, -0.05) is 12.1 Å². The summed E-state index contributed by atoms with van der Waals surface area (Å²) in [5.41, 5.74) is 1.81. The summed E-state index contributed by atoms with van der Waals surface area (Å²) in [7, 11) is 6.44. The molecule has 0 aliphatic heterocycles. The zero-order valence-electron chi connectivity index (χ0n) is 13.0. The minimum Gasteiger partial charge on any atom is -0.492 e. The third kappa shape index (κ3) is 1.97. The maximum absolute atomic E-state index is 5.58. The molecule has 0 spiro atoms. The molecule has 0 aliphatic carbocycles. The quantitative estimate of drug-likeness (QED) is 0.548. The Morgan fingerprint density at radius 2 is 1.50 bits per heavy atom. The molecule has 0 amide bonds. The second-order valence-corrected chi connectivity index (χ2v) is 4.76. The smallest absolute Gasteiger partial charge is 0.273 e. The van der Waals surface area contributed by atoms with Crippen LogP contribution in [0, 0.1) is 0 Å². The molecule has 0 radical (unpaired) electrons. The first-order valence-corrected chi connectivity index (χ1v) is 6.86. The third-order valence-corrected chi connectivity index (χ3v) is 3.70. The number of ether oxygens (including phenoxy) is 3. The number of aromatic nitrogens is 1. The molecule has 0 atom stereocenters. The summed E-state index contributed by atoms with van der Waals surface area (Å²) in [6, 6.07) is 11.9. The molecule has 22 heavy (non-hydrogen) atoms. The van der Waals surface area contributed by atoms with Crippen molar-refractivity contribution in [3.63, 3.8) is 0 Å². The van der Waals surface area contributed by atoms with Crippen LogP contribution < -0.4 is 23.8 Å². The summed E-state index contributed by atoms with van der Waals surface area (Å²) in [6.45, 7) is 0. The van der Waals surface area contributed by atoms with Gasteiger partial charge in [0.15, 0.2) is 11.5 Å². The predicted molar refractivity (Wildman–Crippen MR) is 83.8 cm³/mol. The Balaban J connectivity index is 2.54. The first-order valence-electron chi connectivity index (χ1n) is 6.86. The van der Waals surface area contributed by atoms with E-state index >= 15 is 0 Å². The van der Waals surface area contributed by atoms with Gasteiger partial charge in [0, 0.05) is 10.8 Å². The molecule has 0 saturated heterocycles. The normalized spacial score (nSPS) is 10.7. The lowest BCUT2D eigenvalue weighted by Crippen LogP contribution is -2.42. The van der Waals surface area contributed by atoms with Crippen LogP contribution in [0.15, 0.2) is 36.4 Å². The van der Waals surface area contributed by atoms with E-state index in [0.717, 1.165) is 21.8 Å². The first kappa shape index (κ1) is 14.3. The monoisotopic (exact) mass is 300 g/mol. The Labute approximate surface area is 128 Å². The first-order chi connectivity index (χ1) is 10.7. The summed E-state index contributed by atoms with van der Waals surface area (Å²) in [5, 5.41) is 1.93. The maximum Gasteiger partial charge on any atom is 0.273 e. The van der Waals surface area contributed by atoms with Gasteiger partial charge in [-0.05, 0) is 12.1 Å². The zero-order valence-corrected chi connectivity index (χ0v) is 13.0. The molecular weight excluding hydrogens is 282 g/mol. The van der Waals surface area contributed by atoms with Crippen molar-refractivity contribution in [2.45, 2.75) is 0 Å². The fourth-order valence-electron chi connectivity index (χ4n) is 2.75. The molecule has 0 N–H and O–H groups in total. The average Bonchev–Trinajstić information content (AvgIpc) is 2.57. The number of pyridine rings is 1.